The number of esters is 1. The summed E-state index contributed by atoms with van der Waals surface area (Å²) >= 11 is 0. The number of nitrogens with one attached hydrogen (secondary N) is 1. The van der Waals surface area contributed by atoms with E-state index < -0.39 is 5.54 Å². The average molecular weight is 270 g/mol. The molecule has 112 valence electrons. The first-order valence-electron chi connectivity index (χ1n) is 7.42. The van der Waals surface area contributed by atoms with Gasteiger partial charge in [-0.3, -0.25) is 4.79 Å². The van der Waals surface area contributed by atoms with Crippen LogP contribution in [-0.2, 0) is 9.53 Å². The smallest absolute Gasteiger partial charge is 0.325 e. The van der Waals surface area contributed by atoms with Crippen LogP contribution in [0, 0.1) is 5.92 Å². The molecule has 1 saturated carbocycles. The Hall–Kier alpha value is -0.610. The van der Waals surface area contributed by atoms with Crippen LogP contribution in [0.5, 0.6) is 0 Å². The standard InChI is InChI=1S/C15H30N2O2/c1-12-8-6-7-9-13(12)17(4)11-10-15(2,16-3)14(18)19-5/h12-13,16H,6-11H2,1-5H3. The first-order valence-corrected chi connectivity index (χ1v) is 7.42. The second-order valence-corrected chi connectivity index (χ2v) is 6.13. The van der Waals surface area contributed by atoms with Gasteiger partial charge in [-0.1, -0.05) is 19.8 Å². The molecule has 0 amide bonds. The van der Waals surface area contributed by atoms with Crippen molar-refractivity contribution in [3.05, 3.63) is 0 Å². The van der Waals surface area contributed by atoms with Gasteiger partial charge in [0.25, 0.3) is 0 Å². The van der Waals surface area contributed by atoms with Crippen LogP contribution in [0.25, 0.3) is 0 Å². The summed E-state index contributed by atoms with van der Waals surface area (Å²) in [6.07, 6.45) is 6.08. The number of likely N-dealkylation sites (N-methyl/N-ethyl adjacent to an activating group) is 1. The number of methoxy groups -OCH3 is 1. The van der Waals surface area contributed by atoms with Gasteiger partial charge in [0.15, 0.2) is 0 Å². The van der Waals surface area contributed by atoms with Gasteiger partial charge in [-0.2, -0.15) is 0 Å². The van der Waals surface area contributed by atoms with E-state index in [1.165, 1.54) is 32.8 Å². The lowest BCUT2D eigenvalue weighted by Crippen LogP contribution is -2.51. The van der Waals surface area contributed by atoms with Gasteiger partial charge in [-0.05, 0) is 46.2 Å². The highest BCUT2D eigenvalue weighted by Crippen LogP contribution is 2.27. The molecule has 3 atom stereocenters. The topological polar surface area (TPSA) is 41.6 Å². The SMILES string of the molecule is CNC(C)(CCN(C)C1CCCCC1C)C(=O)OC. The van der Waals surface area contributed by atoms with Crippen LogP contribution >= 0.6 is 0 Å². The lowest BCUT2D eigenvalue weighted by atomic mass is 9.84. The number of carbonyl (C=O) groups excluding carboxylic acids is 1. The summed E-state index contributed by atoms with van der Waals surface area (Å²) in [6.45, 7) is 5.18. The van der Waals surface area contributed by atoms with Crippen molar-refractivity contribution >= 4 is 5.97 Å². The Labute approximate surface area is 117 Å². The Kier molecular flexibility index (Phi) is 6.27. The Balaban J connectivity index is 2.52. The molecule has 0 bridgehead atoms. The van der Waals surface area contributed by atoms with E-state index in [2.05, 4.69) is 24.2 Å². The third-order valence-corrected chi connectivity index (χ3v) is 4.78. The zero-order chi connectivity index (χ0) is 14.5. The molecule has 1 rings (SSSR count). The van der Waals surface area contributed by atoms with Crippen molar-refractivity contribution in [1.82, 2.24) is 10.2 Å². The third-order valence-electron chi connectivity index (χ3n) is 4.78. The van der Waals surface area contributed by atoms with Crippen LogP contribution in [-0.4, -0.2) is 50.2 Å². The summed E-state index contributed by atoms with van der Waals surface area (Å²) in [7, 11) is 5.45. The first kappa shape index (κ1) is 16.4. The van der Waals surface area contributed by atoms with Crippen LogP contribution in [0.3, 0.4) is 0 Å². The largest absolute Gasteiger partial charge is 0.468 e. The molecule has 0 spiro atoms. The first-order chi connectivity index (χ1) is 8.94. The second kappa shape index (κ2) is 7.25. The molecular weight excluding hydrogens is 240 g/mol. The highest BCUT2D eigenvalue weighted by Gasteiger charge is 2.33. The van der Waals surface area contributed by atoms with E-state index in [1.54, 1.807) is 0 Å². The summed E-state index contributed by atoms with van der Waals surface area (Å²) in [6, 6.07) is 0.660. The van der Waals surface area contributed by atoms with Crippen LogP contribution in [0.15, 0.2) is 0 Å². The van der Waals surface area contributed by atoms with Crippen molar-refractivity contribution in [2.24, 2.45) is 5.92 Å². The van der Waals surface area contributed by atoms with Gasteiger partial charge >= 0.3 is 5.97 Å². The summed E-state index contributed by atoms with van der Waals surface area (Å²) in [5, 5.41) is 3.10. The number of hydrogen-bond donors (Lipinski definition) is 1. The molecule has 4 nitrogen and oxygen atoms in total. The van der Waals surface area contributed by atoms with Gasteiger partial charge in [-0.15, -0.1) is 0 Å². The fourth-order valence-corrected chi connectivity index (χ4v) is 3.07. The van der Waals surface area contributed by atoms with E-state index in [4.69, 9.17) is 4.74 Å². The molecule has 0 aromatic rings. The molecular formula is C15H30N2O2. The molecule has 19 heavy (non-hydrogen) atoms. The van der Waals surface area contributed by atoms with Crippen LogP contribution in [0.1, 0.15) is 46.0 Å². The molecule has 1 N–H and O–H groups in total. The van der Waals surface area contributed by atoms with Gasteiger partial charge in [0.1, 0.15) is 5.54 Å². The lowest BCUT2D eigenvalue weighted by molar-refractivity contribution is -0.148. The Bertz CT molecular complexity index is 296. The molecule has 0 aromatic heterocycles. The van der Waals surface area contributed by atoms with E-state index >= 15 is 0 Å². The van der Waals surface area contributed by atoms with Gasteiger partial charge in [-0.25, -0.2) is 0 Å². The number of rotatable bonds is 6. The third kappa shape index (κ3) is 4.18. The predicted molar refractivity (Wildman–Crippen MR) is 78.1 cm³/mol. The number of hydrogen-bond acceptors (Lipinski definition) is 4. The molecule has 0 radical (unpaired) electrons. The molecule has 0 saturated heterocycles. The van der Waals surface area contributed by atoms with Crippen molar-refractivity contribution in [2.75, 3.05) is 27.7 Å². The van der Waals surface area contributed by atoms with E-state index in [0.29, 0.717) is 6.04 Å². The minimum Gasteiger partial charge on any atom is -0.468 e. The molecule has 0 aromatic carbocycles. The van der Waals surface area contributed by atoms with Crippen LogP contribution < -0.4 is 5.32 Å². The minimum absolute atomic E-state index is 0.180. The van der Waals surface area contributed by atoms with Gasteiger partial charge in [0.2, 0.25) is 0 Å². The van der Waals surface area contributed by atoms with E-state index in [0.717, 1.165) is 18.9 Å². The van der Waals surface area contributed by atoms with Gasteiger partial charge < -0.3 is 15.0 Å². The summed E-state index contributed by atoms with van der Waals surface area (Å²) in [4.78, 5) is 14.2. The zero-order valence-electron chi connectivity index (χ0n) is 13.2. The Morgan fingerprint density at radius 1 is 1.42 bits per heavy atom. The second-order valence-electron chi connectivity index (χ2n) is 6.13. The van der Waals surface area contributed by atoms with E-state index in [-0.39, 0.29) is 5.97 Å². The predicted octanol–water partition coefficient (Wildman–Crippen LogP) is 2.04. The maximum atomic E-state index is 11.8. The fourth-order valence-electron chi connectivity index (χ4n) is 3.07. The summed E-state index contributed by atoms with van der Waals surface area (Å²) in [5.41, 5.74) is -0.582. The fraction of sp³-hybridized carbons (Fsp3) is 0.933. The maximum Gasteiger partial charge on any atom is 0.325 e. The summed E-state index contributed by atoms with van der Waals surface area (Å²) in [5.74, 6) is 0.581. The highest BCUT2D eigenvalue weighted by molar-refractivity contribution is 5.80. The van der Waals surface area contributed by atoms with Crippen molar-refractivity contribution in [3.8, 4) is 0 Å². The summed E-state index contributed by atoms with van der Waals surface area (Å²) < 4.78 is 4.89. The molecule has 1 aliphatic rings. The van der Waals surface area contributed by atoms with Crippen molar-refractivity contribution in [2.45, 2.75) is 57.5 Å². The van der Waals surface area contributed by atoms with Crippen LogP contribution in [0.4, 0.5) is 0 Å². The molecule has 4 heteroatoms. The minimum atomic E-state index is -0.582. The van der Waals surface area contributed by atoms with Crippen LogP contribution in [0.2, 0.25) is 0 Å². The number of ether oxygens (including phenoxy) is 1. The Morgan fingerprint density at radius 2 is 2.05 bits per heavy atom. The zero-order valence-corrected chi connectivity index (χ0v) is 13.2. The number of nitrogens with zero attached hydrogens (tertiary/aromatic N) is 1. The van der Waals surface area contributed by atoms with Gasteiger partial charge in [0, 0.05) is 12.6 Å². The highest BCUT2D eigenvalue weighted by atomic mass is 16.5. The molecule has 0 heterocycles. The van der Waals surface area contributed by atoms with E-state index in [9.17, 15) is 4.79 Å². The molecule has 0 aliphatic heterocycles. The Morgan fingerprint density at radius 3 is 2.58 bits per heavy atom. The molecule has 3 unspecified atom stereocenters. The monoisotopic (exact) mass is 270 g/mol. The van der Waals surface area contributed by atoms with Crippen molar-refractivity contribution in [3.63, 3.8) is 0 Å². The molecule has 1 aliphatic carbocycles. The lowest BCUT2D eigenvalue weighted by Gasteiger charge is -2.38. The van der Waals surface area contributed by atoms with Crippen molar-refractivity contribution in [1.29, 1.82) is 0 Å². The average Bonchev–Trinajstić information content (AvgIpc) is 2.43. The maximum absolute atomic E-state index is 11.8. The quantitative estimate of drug-likeness (QED) is 0.750. The molecule has 1 fully saturated rings. The van der Waals surface area contributed by atoms with E-state index in [1.807, 2.05) is 14.0 Å². The normalized spacial score (nSPS) is 27.1. The number of carbonyl (C=O) groups is 1. The van der Waals surface area contributed by atoms with Gasteiger partial charge in [0.05, 0.1) is 7.11 Å². The van der Waals surface area contributed by atoms with Crippen molar-refractivity contribution < 1.29 is 9.53 Å².